The number of nitrogens with zero attached hydrogens (tertiary/aromatic N) is 1. The quantitative estimate of drug-likeness (QED) is 0.388. The van der Waals surface area contributed by atoms with Gasteiger partial charge in [-0.1, -0.05) is 13.8 Å². The number of guanidine groups is 1. The molecule has 1 atom stereocenters. The molecule has 1 aliphatic rings. The lowest BCUT2D eigenvalue weighted by Gasteiger charge is -2.10. The maximum atomic E-state index is 5.71. The van der Waals surface area contributed by atoms with Crippen molar-refractivity contribution in [3.63, 3.8) is 0 Å². The monoisotopic (exact) mass is 257 g/mol. The van der Waals surface area contributed by atoms with Crippen LogP contribution < -0.4 is 11.1 Å². The standard InChI is InChI=1S/C13H27N3O2/c1-11(2)9-16-13(14)15-6-4-7-17-10-12-5-3-8-18-12/h11-12H,3-10H2,1-2H3,(H3,14,15,16). The van der Waals surface area contributed by atoms with Crippen molar-refractivity contribution in [3.8, 4) is 0 Å². The number of ether oxygens (including phenoxy) is 2. The molecule has 1 aliphatic heterocycles. The van der Waals surface area contributed by atoms with Gasteiger partial charge in [-0.25, -0.2) is 0 Å². The van der Waals surface area contributed by atoms with E-state index in [2.05, 4.69) is 24.2 Å². The van der Waals surface area contributed by atoms with Crippen LogP contribution in [0, 0.1) is 5.92 Å². The molecule has 1 saturated heterocycles. The molecule has 0 aliphatic carbocycles. The van der Waals surface area contributed by atoms with Crippen molar-refractivity contribution < 1.29 is 9.47 Å². The van der Waals surface area contributed by atoms with Crippen molar-refractivity contribution in [2.24, 2.45) is 16.6 Å². The van der Waals surface area contributed by atoms with Crippen molar-refractivity contribution in [2.75, 3.05) is 32.9 Å². The normalized spacial score (nSPS) is 20.6. The summed E-state index contributed by atoms with van der Waals surface area (Å²) in [5.74, 6) is 1.07. The third kappa shape index (κ3) is 7.50. The zero-order valence-electron chi connectivity index (χ0n) is 11.7. The average molecular weight is 257 g/mol. The van der Waals surface area contributed by atoms with Gasteiger partial charge >= 0.3 is 0 Å². The van der Waals surface area contributed by atoms with E-state index in [-0.39, 0.29) is 0 Å². The summed E-state index contributed by atoms with van der Waals surface area (Å²) in [4.78, 5) is 4.23. The van der Waals surface area contributed by atoms with Gasteiger partial charge in [0.05, 0.1) is 12.7 Å². The summed E-state index contributed by atoms with van der Waals surface area (Å²) in [7, 11) is 0. The van der Waals surface area contributed by atoms with Crippen molar-refractivity contribution in [3.05, 3.63) is 0 Å². The number of rotatable bonds is 8. The molecule has 1 unspecified atom stereocenters. The van der Waals surface area contributed by atoms with Gasteiger partial charge in [-0.05, 0) is 25.2 Å². The number of nitrogens with one attached hydrogen (secondary N) is 1. The molecular weight excluding hydrogens is 230 g/mol. The Balaban J connectivity index is 1.89. The average Bonchev–Trinajstić information content (AvgIpc) is 2.84. The van der Waals surface area contributed by atoms with Gasteiger partial charge in [0, 0.05) is 26.3 Å². The largest absolute Gasteiger partial charge is 0.379 e. The number of nitrogens with two attached hydrogens (primary N) is 1. The SMILES string of the molecule is CC(C)CN=C(N)NCCCOCC1CCCO1. The van der Waals surface area contributed by atoms with Gasteiger partial charge in [0.25, 0.3) is 0 Å². The van der Waals surface area contributed by atoms with Gasteiger partial charge in [-0.3, -0.25) is 4.99 Å². The molecule has 0 spiro atoms. The lowest BCUT2D eigenvalue weighted by molar-refractivity contribution is 0.0168. The molecule has 0 amide bonds. The molecule has 1 rings (SSSR count). The molecule has 0 saturated carbocycles. The molecule has 0 aromatic heterocycles. The zero-order valence-corrected chi connectivity index (χ0v) is 11.7. The van der Waals surface area contributed by atoms with E-state index in [4.69, 9.17) is 15.2 Å². The first kappa shape index (κ1) is 15.2. The van der Waals surface area contributed by atoms with E-state index < -0.39 is 0 Å². The van der Waals surface area contributed by atoms with Crippen LogP contribution in [0.15, 0.2) is 4.99 Å². The Labute approximate surface area is 110 Å². The third-order valence-electron chi connectivity index (χ3n) is 2.73. The van der Waals surface area contributed by atoms with E-state index in [9.17, 15) is 0 Å². The lowest BCUT2D eigenvalue weighted by Crippen LogP contribution is -2.33. The summed E-state index contributed by atoms with van der Waals surface area (Å²) in [6.07, 6.45) is 3.55. The number of hydrogen-bond donors (Lipinski definition) is 2. The Morgan fingerprint density at radius 1 is 1.56 bits per heavy atom. The Bertz CT molecular complexity index is 238. The second-order valence-corrected chi connectivity index (χ2v) is 5.11. The van der Waals surface area contributed by atoms with Crippen molar-refractivity contribution >= 4 is 5.96 Å². The van der Waals surface area contributed by atoms with Crippen LogP contribution in [-0.4, -0.2) is 45.0 Å². The first-order valence-corrected chi connectivity index (χ1v) is 6.91. The highest BCUT2D eigenvalue weighted by molar-refractivity contribution is 5.77. The highest BCUT2D eigenvalue weighted by Crippen LogP contribution is 2.11. The molecule has 5 nitrogen and oxygen atoms in total. The van der Waals surface area contributed by atoms with Crippen LogP contribution in [0.3, 0.4) is 0 Å². The van der Waals surface area contributed by atoms with Crippen molar-refractivity contribution in [1.29, 1.82) is 0 Å². The highest BCUT2D eigenvalue weighted by Gasteiger charge is 2.14. The van der Waals surface area contributed by atoms with Gasteiger partial charge in [0.15, 0.2) is 5.96 Å². The molecule has 0 aromatic carbocycles. The smallest absolute Gasteiger partial charge is 0.188 e. The second-order valence-electron chi connectivity index (χ2n) is 5.11. The van der Waals surface area contributed by atoms with Gasteiger partial charge in [0.1, 0.15) is 0 Å². The van der Waals surface area contributed by atoms with Crippen LogP contribution in [0.25, 0.3) is 0 Å². The zero-order chi connectivity index (χ0) is 13.2. The molecule has 106 valence electrons. The summed E-state index contributed by atoms with van der Waals surface area (Å²) in [5, 5.41) is 3.08. The molecular formula is C13H27N3O2. The minimum atomic E-state index is 0.315. The summed E-state index contributed by atoms with van der Waals surface area (Å²) in [6.45, 7) is 8.17. The van der Waals surface area contributed by atoms with Gasteiger partial charge < -0.3 is 20.5 Å². The van der Waals surface area contributed by atoms with Crippen LogP contribution in [0.5, 0.6) is 0 Å². The predicted molar refractivity (Wildman–Crippen MR) is 73.7 cm³/mol. The molecule has 0 aromatic rings. The van der Waals surface area contributed by atoms with E-state index in [0.717, 1.165) is 45.8 Å². The first-order chi connectivity index (χ1) is 8.68. The first-order valence-electron chi connectivity index (χ1n) is 6.91. The van der Waals surface area contributed by atoms with E-state index in [1.807, 2.05) is 0 Å². The van der Waals surface area contributed by atoms with Crippen LogP contribution in [0.4, 0.5) is 0 Å². The lowest BCUT2D eigenvalue weighted by atomic mass is 10.2. The number of hydrogen-bond acceptors (Lipinski definition) is 3. The Morgan fingerprint density at radius 2 is 2.39 bits per heavy atom. The fourth-order valence-electron chi connectivity index (χ4n) is 1.72. The van der Waals surface area contributed by atoms with Crippen LogP contribution in [0.1, 0.15) is 33.1 Å². The van der Waals surface area contributed by atoms with E-state index in [0.29, 0.717) is 18.0 Å². The molecule has 3 N–H and O–H groups in total. The predicted octanol–water partition coefficient (Wildman–Crippen LogP) is 1.13. The van der Waals surface area contributed by atoms with E-state index in [1.54, 1.807) is 0 Å². The maximum absolute atomic E-state index is 5.71. The van der Waals surface area contributed by atoms with Gasteiger partial charge in [0.2, 0.25) is 0 Å². The molecule has 1 fully saturated rings. The molecule has 1 heterocycles. The molecule has 0 radical (unpaired) electrons. The van der Waals surface area contributed by atoms with Crippen molar-refractivity contribution in [1.82, 2.24) is 5.32 Å². The topological polar surface area (TPSA) is 68.9 Å². The second kappa shape index (κ2) is 9.16. The summed E-state index contributed by atoms with van der Waals surface area (Å²) in [6, 6.07) is 0. The van der Waals surface area contributed by atoms with Crippen LogP contribution >= 0.6 is 0 Å². The Morgan fingerprint density at radius 3 is 3.06 bits per heavy atom. The third-order valence-corrected chi connectivity index (χ3v) is 2.73. The van der Waals surface area contributed by atoms with Crippen LogP contribution in [-0.2, 0) is 9.47 Å². The van der Waals surface area contributed by atoms with Crippen LogP contribution in [0.2, 0.25) is 0 Å². The minimum absolute atomic E-state index is 0.315. The number of aliphatic imine (C=N–C) groups is 1. The minimum Gasteiger partial charge on any atom is -0.379 e. The van der Waals surface area contributed by atoms with Gasteiger partial charge in [-0.15, -0.1) is 0 Å². The Hall–Kier alpha value is -0.810. The summed E-state index contributed by atoms with van der Waals surface area (Å²) >= 11 is 0. The van der Waals surface area contributed by atoms with Gasteiger partial charge in [-0.2, -0.15) is 0 Å². The molecule has 0 bridgehead atoms. The fraction of sp³-hybridized carbons (Fsp3) is 0.923. The fourth-order valence-corrected chi connectivity index (χ4v) is 1.72. The highest BCUT2D eigenvalue weighted by atomic mass is 16.5. The Kier molecular flexibility index (Phi) is 7.76. The summed E-state index contributed by atoms with van der Waals surface area (Å²) in [5.41, 5.74) is 5.71. The maximum Gasteiger partial charge on any atom is 0.188 e. The van der Waals surface area contributed by atoms with E-state index >= 15 is 0 Å². The molecule has 5 heteroatoms. The molecule has 18 heavy (non-hydrogen) atoms. The van der Waals surface area contributed by atoms with Crippen molar-refractivity contribution in [2.45, 2.75) is 39.2 Å². The van der Waals surface area contributed by atoms with E-state index in [1.165, 1.54) is 6.42 Å². The summed E-state index contributed by atoms with van der Waals surface area (Å²) < 4.78 is 11.0.